The molecule has 228 valence electrons. The Morgan fingerprint density at radius 3 is 2.45 bits per heavy atom. The minimum absolute atomic E-state index is 0.607. The Kier molecular flexibility index (Phi) is 10.4. The van der Waals surface area contributed by atoms with Crippen molar-refractivity contribution < 1.29 is 72.2 Å². The molecule has 0 spiro atoms. The van der Waals surface area contributed by atoms with E-state index in [2.05, 4.69) is 27.2 Å². The smallest absolute Gasteiger partial charge is 0.394 e. The van der Waals surface area contributed by atoms with E-state index in [4.69, 9.17) is 19.1 Å². The van der Waals surface area contributed by atoms with Gasteiger partial charge in [0.2, 0.25) is 5.67 Å². The first-order valence-corrected chi connectivity index (χ1v) is 15.2. The van der Waals surface area contributed by atoms with Crippen molar-refractivity contribution in [1.82, 2.24) is 9.55 Å². The molecule has 0 radical (unpaired) electrons. The molecular formula is C18H27FN2O16P2S. The maximum Gasteiger partial charge on any atom is 0.481 e. The number of aliphatic hydroxyl groups excluding tert-OH is 6. The van der Waals surface area contributed by atoms with Gasteiger partial charge < -0.3 is 54.4 Å². The van der Waals surface area contributed by atoms with Gasteiger partial charge in [0.25, 0.3) is 5.56 Å². The van der Waals surface area contributed by atoms with Crippen molar-refractivity contribution in [3.8, 4) is 0 Å². The van der Waals surface area contributed by atoms with Gasteiger partial charge in [-0.3, -0.25) is 18.9 Å². The van der Waals surface area contributed by atoms with E-state index in [1.165, 1.54) is 0 Å². The van der Waals surface area contributed by atoms with Crippen LogP contribution in [-0.2, 0) is 39.2 Å². The lowest BCUT2D eigenvalue weighted by Gasteiger charge is -2.41. The van der Waals surface area contributed by atoms with Gasteiger partial charge in [-0.1, -0.05) is 6.58 Å². The fourth-order valence-electron chi connectivity index (χ4n) is 3.87. The quantitative estimate of drug-likeness (QED) is 0.0829. The van der Waals surface area contributed by atoms with Gasteiger partial charge in [-0.2, -0.15) is 0 Å². The number of halogens is 1. The fourth-order valence-corrected chi connectivity index (χ4v) is 6.97. The van der Waals surface area contributed by atoms with Crippen LogP contribution in [-0.4, -0.2) is 118 Å². The van der Waals surface area contributed by atoms with Crippen LogP contribution in [0, 0.1) is 0 Å². The van der Waals surface area contributed by atoms with Crippen LogP contribution in [0.3, 0.4) is 0 Å². The van der Waals surface area contributed by atoms with Crippen LogP contribution in [0.1, 0.15) is 6.23 Å². The van der Waals surface area contributed by atoms with Gasteiger partial charge in [-0.05, 0) is 17.9 Å². The number of hydrogen-bond donors (Lipinski definition) is 9. The Morgan fingerprint density at radius 1 is 1.23 bits per heavy atom. The first-order chi connectivity index (χ1) is 18.5. The molecule has 2 saturated heterocycles. The minimum atomic E-state index is -5.53. The van der Waals surface area contributed by atoms with Crippen LogP contribution in [0.5, 0.6) is 0 Å². The standard InChI is InChI=1S/C18H27FN2O16P2S/c1-2-18(19)14(28)8(34-16(18)21-4-3-9(24)20-17(21)29)6-33-39(32,40)37-38(30,31)36-15-12(27)10(25)11(26)13(35-15)7(23)5-22/h2-4,7-8,10-16,22-23,25-28H,1,5-6H2,(H,30,31)(H,32,40)(H,20,24,29)/t7-,8+,10?,11?,12?,13?,14+,15?,16+,18+,39?/m0/s1. The Morgan fingerprint density at radius 2 is 1.88 bits per heavy atom. The van der Waals surface area contributed by atoms with Crippen molar-refractivity contribution in [2.24, 2.45) is 0 Å². The predicted molar refractivity (Wildman–Crippen MR) is 130 cm³/mol. The molecule has 18 nitrogen and oxygen atoms in total. The highest BCUT2D eigenvalue weighted by Crippen LogP contribution is 2.62. The van der Waals surface area contributed by atoms with Crippen LogP contribution in [0.25, 0.3) is 0 Å². The first-order valence-electron chi connectivity index (χ1n) is 11.1. The number of H-pyrrole nitrogens is 1. The zero-order valence-corrected chi connectivity index (χ0v) is 22.6. The average Bonchev–Trinajstić information content (AvgIpc) is 3.12. The summed E-state index contributed by atoms with van der Waals surface area (Å²) in [6.07, 6.45) is -16.3. The highest BCUT2D eigenvalue weighted by molar-refractivity contribution is 8.08. The molecule has 22 heteroatoms. The molecule has 0 aliphatic carbocycles. The third-order valence-corrected chi connectivity index (χ3v) is 9.44. The molecule has 2 aliphatic heterocycles. The largest absolute Gasteiger partial charge is 0.481 e. The van der Waals surface area contributed by atoms with Crippen molar-refractivity contribution >= 4 is 26.3 Å². The van der Waals surface area contributed by atoms with Crippen molar-refractivity contribution in [2.75, 3.05) is 13.2 Å². The van der Waals surface area contributed by atoms with Crippen molar-refractivity contribution in [2.45, 2.75) is 60.9 Å². The molecule has 9 N–H and O–H groups in total. The minimum Gasteiger partial charge on any atom is -0.394 e. The number of aliphatic hydroxyl groups is 6. The summed E-state index contributed by atoms with van der Waals surface area (Å²) in [7, 11) is -5.53. The lowest BCUT2D eigenvalue weighted by atomic mass is 9.96. The van der Waals surface area contributed by atoms with Gasteiger partial charge in [-0.15, -0.1) is 0 Å². The van der Waals surface area contributed by atoms with Crippen LogP contribution < -0.4 is 11.2 Å². The van der Waals surface area contributed by atoms with Crippen LogP contribution >= 0.6 is 14.5 Å². The van der Waals surface area contributed by atoms with E-state index >= 15 is 4.39 Å². The van der Waals surface area contributed by atoms with E-state index in [9.17, 15) is 49.5 Å². The number of phosphoric ester groups is 1. The van der Waals surface area contributed by atoms with Gasteiger partial charge in [0.15, 0.2) is 12.5 Å². The van der Waals surface area contributed by atoms with Crippen molar-refractivity contribution in [3.63, 3.8) is 0 Å². The lowest BCUT2D eigenvalue weighted by molar-refractivity contribution is -0.292. The van der Waals surface area contributed by atoms with Gasteiger partial charge in [0.05, 0.1) is 13.2 Å². The number of ether oxygens (including phenoxy) is 2. The third-order valence-electron chi connectivity index (χ3n) is 5.92. The molecule has 0 aromatic carbocycles. The van der Waals surface area contributed by atoms with E-state index < -0.39 is 99.9 Å². The number of alkyl halides is 1. The Bertz CT molecular complexity index is 1280. The fraction of sp³-hybridized carbons (Fsp3) is 0.667. The molecular weight excluding hydrogens is 613 g/mol. The van der Waals surface area contributed by atoms with Crippen LogP contribution in [0.2, 0.25) is 0 Å². The summed E-state index contributed by atoms with van der Waals surface area (Å²) in [5.74, 6) is 0. The molecule has 2 aliphatic rings. The predicted octanol–water partition coefficient (Wildman–Crippen LogP) is -3.78. The normalized spacial score (nSPS) is 38.3. The molecule has 7 unspecified atom stereocenters. The molecule has 1 aromatic heterocycles. The van der Waals surface area contributed by atoms with Gasteiger partial charge in [0.1, 0.15) is 42.7 Å². The summed E-state index contributed by atoms with van der Waals surface area (Å²) in [6, 6.07) is 0.879. The summed E-state index contributed by atoms with van der Waals surface area (Å²) >= 11 is 4.63. The molecule has 12 atom stereocenters. The SMILES string of the molecule is C=C[C@@]1(F)[C@H](O)[C@@H](COP(O)(=S)OP(=O)(O)OC2OC([C@@H](O)CO)C(O)C(O)C2O)O[C@H]1n1ccc(=O)[nH]c1=O. The molecule has 3 rings (SSSR count). The van der Waals surface area contributed by atoms with Crippen molar-refractivity contribution in [1.29, 1.82) is 0 Å². The summed E-state index contributed by atoms with van der Waals surface area (Å²) in [5.41, 5.74) is -4.73. The molecule has 0 saturated carbocycles. The lowest BCUT2D eigenvalue weighted by Crippen LogP contribution is -2.61. The number of aromatic nitrogens is 2. The Labute approximate surface area is 228 Å². The maximum absolute atomic E-state index is 15.6. The number of nitrogens with zero attached hydrogens (tertiary/aromatic N) is 1. The number of phosphoric acid groups is 1. The highest BCUT2D eigenvalue weighted by atomic mass is 32.5. The third kappa shape index (κ3) is 7.01. The second-order valence-corrected chi connectivity index (χ2v) is 13.0. The second-order valence-electron chi connectivity index (χ2n) is 8.63. The number of rotatable bonds is 11. The zero-order chi connectivity index (χ0) is 30.2. The van der Waals surface area contributed by atoms with E-state index in [0.717, 1.165) is 12.3 Å². The number of nitrogens with one attached hydrogen (secondary N) is 1. The summed E-state index contributed by atoms with van der Waals surface area (Å²) in [4.78, 5) is 45.6. The summed E-state index contributed by atoms with van der Waals surface area (Å²) in [5, 5.41) is 59.0. The Hall–Kier alpha value is -1.29. The molecule has 0 bridgehead atoms. The summed E-state index contributed by atoms with van der Waals surface area (Å²) in [6.45, 7) is -3.51. The molecule has 0 amide bonds. The van der Waals surface area contributed by atoms with Gasteiger partial charge in [-0.25, -0.2) is 18.1 Å². The van der Waals surface area contributed by atoms with E-state index in [0.29, 0.717) is 10.6 Å². The van der Waals surface area contributed by atoms with Gasteiger partial charge >= 0.3 is 20.2 Å². The molecule has 3 heterocycles. The first kappa shape index (κ1) is 33.2. The summed E-state index contributed by atoms with van der Waals surface area (Å²) < 4.78 is 52.8. The van der Waals surface area contributed by atoms with E-state index in [1.807, 2.05) is 4.98 Å². The molecule has 40 heavy (non-hydrogen) atoms. The molecule has 2 fully saturated rings. The Balaban J connectivity index is 1.69. The van der Waals surface area contributed by atoms with Gasteiger partial charge in [0, 0.05) is 12.3 Å². The number of hydrogen-bond acceptors (Lipinski definition) is 15. The van der Waals surface area contributed by atoms with Crippen LogP contribution in [0.15, 0.2) is 34.5 Å². The number of aromatic amines is 1. The second kappa shape index (κ2) is 12.5. The van der Waals surface area contributed by atoms with E-state index in [-0.39, 0.29) is 0 Å². The van der Waals surface area contributed by atoms with E-state index in [1.54, 1.807) is 0 Å². The highest BCUT2D eigenvalue weighted by Gasteiger charge is 2.57. The maximum atomic E-state index is 15.6. The zero-order valence-electron chi connectivity index (χ0n) is 20.0. The average molecular weight is 640 g/mol. The van der Waals surface area contributed by atoms with Crippen molar-refractivity contribution in [3.05, 3.63) is 45.8 Å². The topological polar surface area (TPSA) is 280 Å². The molecule has 1 aromatic rings. The monoisotopic (exact) mass is 640 g/mol. The van der Waals surface area contributed by atoms with Crippen LogP contribution in [0.4, 0.5) is 4.39 Å².